The Kier molecular flexibility index (Phi) is 2.45. The molecule has 2 aliphatic carbocycles. The summed E-state index contributed by atoms with van der Waals surface area (Å²) in [5, 5.41) is 0. The van der Waals surface area contributed by atoms with E-state index in [0.29, 0.717) is 0 Å². The quantitative estimate of drug-likeness (QED) is 0.541. The molecule has 0 atom stereocenters. The third kappa shape index (κ3) is 1.74. The number of hydrogen-bond acceptors (Lipinski definition) is 0. The molecule has 0 amide bonds. The molecule has 14 heavy (non-hydrogen) atoms. The maximum absolute atomic E-state index is 2.22. The van der Waals surface area contributed by atoms with Gasteiger partial charge in [-0.1, -0.05) is 12.2 Å². The SMILES string of the molecule is C[C+](C)C1=CC=CC2=CC=CC=C1C2. The summed E-state index contributed by atoms with van der Waals surface area (Å²) < 4.78 is 0. The lowest BCUT2D eigenvalue weighted by Gasteiger charge is -2.04. The highest BCUT2D eigenvalue weighted by Gasteiger charge is 2.20. The molecule has 0 radical (unpaired) electrons. The Morgan fingerprint density at radius 3 is 2.57 bits per heavy atom. The topological polar surface area (TPSA) is 0 Å². The minimum atomic E-state index is 1.06. The van der Waals surface area contributed by atoms with Gasteiger partial charge in [0.15, 0.2) is 0 Å². The molecule has 0 aromatic carbocycles. The van der Waals surface area contributed by atoms with Crippen LogP contribution in [0.15, 0.2) is 59.3 Å². The van der Waals surface area contributed by atoms with Gasteiger partial charge in [0, 0.05) is 32.3 Å². The molecule has 0 unspecified atom stereocenters. The van der Waals surface area contributed by atoms with Crippen molar-refractivity contribution in [2.24, 2.45) is 0 Å². The van der Waals surface area contributed by atoms with Crippen LogP contribution in [0.2, 0.25) is 0 Å². The second-order valence-corrected chi connectivity index (χ2v) is 3.93. The molecule has 0 N–H and O–H groups in total. The number of allylic oxidation sites excluding steroid dienone is 10. The van der Waals surface area contributed by atoms with E-state index in [1.54, 1.807) is 0 Å². The fourth-order valence-electron chi connectivity index (χ4n) is 1.85. The van der Waals surface area contributed by atoms with E-state index in [1.165, 1.54) is 22.6 Å². The van der Waals surface area contributed by atoms with Crippen molar-refractivity contribution < 1.29 is 0 Å². The van der Waals surface area contributed by atoms with Crippen LogP contribution in [0.25, 0.3) is 0 Å². The van der Waals surface area contributed by atoms with Crippen molar-refractivity contribution in [1.29, 1.82) is 0 Å². The van der Waals surface area contributed by atoms with Crippen LogP contribution >= 0.6 is 0 Å². The van der Waals surface area contributed by atoms with Crippen LogP contribution in [-0.2, 0) is 0 Å². The summed E-state index contributed by atoms with van der Waals surface area (Å²) in [5.41, 5.74) is 4.20. The van der Waals surface area contributed by atoms with Crippen LogP contribution in [0.3, 0.4) is 0 Å². The van der Waals surface area contributed by atoms with Gasteiger partial charge >= 0.3 is 0 Å². The van der Waals surface area contributed by atoms with Crippen LogP contribution in [0.4, 0.5) is 0 Å². The normalized spacial score (nSPS) is 19.1. The predicted molar refractivity (Wildman–Crippen MR) is 61.7 cm³/mol. The van der Waals surface area contributed by atoms with Crippen LogP contribution in [-0.4, -0.2) is 0 Å². The largest absolute Gasteiger partial charge is 0.135 e. The van der Waals surface area contributed by atoms with Gasteiger partial charge in [0.25, 0.3) is 0 Å². The molecule has 70 valence electrons. The van der Waals surface area contributed by atoms with Crippen molar-refractivity contribution >= 4 is 0 Å². The smallest absolute Gasteiger partial charge is 0.0608 e. The Labute approximate surface area is 86.0 Å². The van der Waals surface area contributed by atoms with Gasteiger partial charge in [0.05, 0.1) is 5.57 Å². The zero-order valence-corrected chi connectivity index (χ0v) is 8.75. The van der Waals surface area contributed by atoms with Gasteiger partial charge in [-0.25, -0.2) is 0 Å². The van der Waals surface area contributed by atoms with E-state index in [4.69, 9.17) is 0 Å². The van der Waals surface area contributed by atoms with Crippen LogP contribution < -0.4 is 0 Å². The Balaban J connectivity index is 2.43. The molecule has 0 spiro atoms. The highest BCUT2D eigenvalue weighted by Crippen LogP contribution is 2.30. The van der Waals surface area contributed by atoms with Crippen molar-refractivity contribution in [3.63, 3.8) is 0 Å². The van der Waals surface area contributed by atoms with E-state index in [-0.39, 0.29) is 0 Å². The van der Waals surface area contributed by atoms with Crippen LogP contribution in [0, 0.1) is 5.92 Å². The van der Waals surface area contributed by atoms with Gasteiger partial charge in [-0.3, -0.25) is 0 Å². The van der Waals surface area contributed by atoms with Crippen molar-refractivity contribution in [2.45, 2.75) is 20.3 Å². The molecule has 0 heteroatoms. The zero-order valence-electron chi connectivity index (χ0n) is 8.75. The summed E-state index contributed by atoms with van der Waals surface area (Å²) in [4.78, 5) is 0. The first-order valence-electron chi connectivity index (χ1n) is 5.03. The lowest BCUT2D eigenvalue weighted by Crippen LogP contribution is -1.95. The van der Waals surface area contributed by atoms with Gasteiger partial charge in [0.2, 0.25) is 0 Å². The summed E-state index contributed by atoms with van der Waals surface area (Å²) in [6, 6.07) is 0. The maximum atomic E-state index is 2.22. The summed E-state index contributed by atoms with van der Waals surface area (Å²) in [7, 11) is 0. The Hall–Kier alpha value is -1.43. The van der Waals surface area contributed by atoms with E-state index >= 15 is 0 Å². The molecule has 0 heterocycles. The molecule has 2 bridgehead atoms. The highest BCUT2D eigenvalue weighted by atomic mass is 14.2. The number of rotatable bonds is 1. The van der Waals surface area contributed by atoms with E-state index in [9.17, 15) is 0 Å². The van der Waals surface area contributed by atoms with Crippen molar-refractivity contribution in [1.82, 2.24) is 0 Å². The number of hydrogen-bond donors (Lipinski definition) is 0. The summed E-state index contributed by atoms with van der Waals surface area (Å²) >= 11 is 0. The van der Waals surface area contributed by atoms with Crippen LogP contribution in [0.1, 0.15) is 20.3 Å². The van der Waals surface area contributed by atoms with Crippen molar-refractivity contribution in [3.05, 3.63) is 65.2 Å². The molecule has 0 fully saturated rings. The third-order valence-electron chi connectivity index (χ3n) is 2.57. The molecule has 2 aliphatic rings. The second kappa shape index (κ2) is 3.75. The molecule has 2 rings (SSSR count). The van der Waals surface area contributed by atoms with Crippen molar-refractivity contribution in [3.8, 4) is 0 Å². The molecule has 0 aliphatic heterocycles. The predicted octanol–water partition coefficient (Wildman–Crippen LogP) is 3.91. The summed E-state index contributed by atoms with van der Waals surface area (Å²) in [6.07, 6.45) is 16.2. The first kappa shape index (κ1) is 9.14. The van der Waals surface area contributed by atoms with Gasteiger partial charge in [-0.2, -0.15) is 0 Å². The first-order valence-corrected chi connectivity index (χ1v) is 5.03. The van der Waals surface area contributed by atoms with Gasteiger partial charge in [-0.15, -0.1) is 0 Å². The van der Waals surface area contributed by atoms with Crippen LogP contribution in [0.5, 0.6) is 0 Å². The molecule has 0 saturated carbocycles. The van der Waals surface area contributed by atoms with E-state index in [2.05, 4.69) is 56.4 Å². The van der Waals surface area contributed by atoms with E-state index in [1.807, 2.05) is 0 Å². The monoisotopic (exact) mass is 183 g/mol. The molecular formula is C14H15+. The summed E-state index contributed by atoms with van der Waals surface area (Å²) in [5.74, 6) is 1.39. The Morgan fingerprint density at radius 1 is 1.00 bits per heavy atom. The lowest BCUT2D eigenvalue weighted by molar-refractivity contribution is 1.07. The second-order valence-electron chi connectivity index (χ2n) is 3.93. The average molecular weight is 183 g/mol. The summed E-state index contributed by atoms with van der Waals surface area (Å²) in [6.45, 7) is 4.34. The maximum Gasteiger partial charge on any atom is 0.135 e. The molecule has 0 saturated heterocycles. The van der Waals surface area contributed by atoms with E-state index in [0.717, 1.165) is 6.42 Å². The average Bonchev–Trinajstić information content (AvgIpc) is 2.48. The fraction of sp³-hybridized carbons (Fsp3) is 0.214. The van der Waals surface area contributed by atoms with Gasteiger partial charge in [0.1, 0.15) is 5.57 Å². The Bertz CT molecular complexity index is 371. The molecule has 0 aromatic heterocycles. The van der Waals surface area contributed by atoms with Gasteiger partial charge < -0.3 is 0 Å². The minimum absolute atomic E-state index is 1.06. The number of fused-ring (bicyclic) bond motifs is 2. The van der Waals surface area contributed by atoms with Gasteiger partial charge in [-0.05, 0) is 29.9 Å². The molecule has 0 aromatic rings. The fourth-order valence-corrected chi connectivity index (χ4v) is 1.85. The standard InChI is InChI=1S/C14H15/c1-11(2)14-9-5-7-12-6-3-4-8-13(14)10-12/h3-9H,10H2,1-2H3/q+1. The minimum Gasteiger partial charge on any atom is -0.0608 e. The third-order valence-corrected chi connectivity index (χ3v) is 2.57. The molecule has 0 nitrogen and oxygen atoms in total. The van der Waals surface area contributed by atoms with Crippen molar-refractivity contribution in [2.75, 3.05) is 0 Å². The van der Waals surface area contributed by atoms with E-state index < -0.39 is 0 Å². The first-order chi connectivity index (χ1) is 6.77. The lowest BCUT2D eigenvalue weighted by atomic mass is 9.92. The highest BCUT2D eigenvalue weighted by molar-refractivity contribution is 5.52. The molecular weight excluding hydrogens is 168 g/mol. The Morgan fingerprint density at radius 2 is 1.79 bits per heavy atom. The zero-order chi connectivity index (χ0) is 9.97.